The van der Waals surface area contributed by atoms with Gasteiger partial charge in [0.25, 0.3) is 0 Å². The molecule has 1 atom stereocenters. The summed E-state index contributed by atoms with van der Waals surface area (Å²) in [6, 6.07) is 7.65. The van der Waals surface area contributed by atoms with Crippen LogP contribution in [0.15, 0.2) is 24.3 Å². The van der Waals surface area contributed by atoms with Crippen LogP contribution in [0.1, 0.15) is 18.1 Å². The van der Waals surface area contributed by atoms with Crippen LogP contribution < -0.4 is 11.1 Å². The maximum Gasteiger partial charge on any atom is 0.239 e. The minimum Gasteiger partial charge on any atom is -0.383 e. The molecule has 0 saturated carbocycles. The summed E-state index contributed by atoms with van der Waals surface area (Å²) in [6.07, 6.45) is 0. The number of nitrogens with two attached hydrogens (primary N) is 1. The van der Waals surface area contributed by atoms with Crippen LogP contribution in [0.5, 0.6) is 0 Å². The molecule has 24 heavy (non-hydrogen) atoms. The number of benzene rings is 1. The Balaban J connectivity index is 1.89. The molecular formula is C18H30N4O2. The molecule has 2 rings (SSSR count). The van der Waals surface area contributed by atoms with Gasteiger partial charge < -0.3 is 20.7 Å². The second-order valence-corrected chi connectivity index (χ2v) is 6.26. The van der Waals surface area contributed by atoms with Crippen molar-refractivity contribution in [3.8, 4) is 0 Å². The Morgan fingerprint density at radius 3 is 2.46 bits per heavy atom. The lowest BCUT2D eigenvalue weighted by molar-refractivity contribution is -0.123. The number of nitrogens with one attached hydrogen (secondary N) is 1. The van der Waals surface area contributed by atoms with Crippen LogP contribution in [0.2, 0.25) is 0 Å². The van der Waals surface area contributed by atoms with E-state index in [2.05, 4.69) is 40.2 Å². The Labute approximate surface area is 144 Å². The van der Waals surface area contributed by atoms with Crippen LogP contribution in [0.3, 0.4) is 0 Å². The van der Waals surface area contributed by atoms with E-state index in [1.165, 1.54) is 5.56 Å². The highest BCUT2D eigenvalue weighted by molar-refractivity contribution is 5.81. The van der Waals surface area contributed by atoms with Crippen LogP contribution in [-0.4, -0.2) is 68.2 Å². The van der Waals surface area contributed by atoms with Crippen molar-refractivity contribution in [1.82, 2.24) is 15.1 Å². The second-order valence-electron chi connectivity index (χ2n) is 6.26. The van der Waals surface area contributed by atoms with E-state index in [0.717, 1.165) is 44.8 Å². The van der Waals surface area contributed by atoms with Crippen molar-refractivity contribution in [2.45, 2.75) is 26.1 Å². The first-order valence-electron chi connectivity index (χ1n) is 8.67. The van der Waals surface area contributed by atoms with Gasteiger partial charge in [-0.3, -0.25) is 9.69 Å². The fourth-order valence-electron chi connectivity index (χ4n) is 2.96. The number of carbonyl (C=O) groups is 1. The fraction of sp³-hybridized carbons (Fsp3) is 0.611. The molecule has 0 aliphatic carbocycles. The van der Waals surface area contributed by atoms with Gasteiger partial charge in [-0.15, -0.1) is 0 Å². The van der Waals surface area contributed by atoms with Gasteiger partial charge in [-0.1, -0.05) is 31.2 Å². The number of hydrogen-bond acceptors (Lipinski definition) is 5. The number of nitrogens with zero attached hydrogens (tertiary/aromatic N) is 2. The van der Waals surface area contributed by atoms with E-state index in [1.807, 2.05) is 6.07 Å². The number of hydrogen-bond donors (Lipinski definition) is 2. The van der Waals surface area contributed by atoms with E-state index in [1.54, 1.807) is 7.11 Å². The van der Waals surface area contributed by atoms with Crippen LogP contribution in [0, 0.1) is 0 Å². The minimum atomic E-state index is -0.621. The molecule has 0 aromatic heterocycles. The summed E-state index contributed by atoms with van der Waals surface area (Å²) in [4.78, 5) is 16.9. The van der Waals surface area contributed by atoms with Gasteiger partial charge in [-0.2, -0.15) is 0 Å². The Kier molecular flexibility index (Phi) is 7.65. The van der Waals surface area contributed by atoms with Crippen LogP contribution in [0.25, 0.3) is 0 Å². The Bertz CT molecular complexity index is 515. The average molecular weight is 334 g/mol. The zero-order chi connectivity index (χ0) is 17.4. The van der Waals surface area contributed by atoms with Crippen molar-refractivity contribution < 1.29 is 9.53 Å². The van der Waals surface area contributed by atoms with Crippen molar-refractivity contribution in [3.05, 3.63) is 35.4 Å². The van der Waals surface area contributed by atoms with Crippen molar-refractivity contribution >= 4 is 5.91 Å². The van der Waals surface area contributed by atoms with E-state index < -0.39 is 6.04 Å². The quantitative estimate of drug-likeness (QED) is 0.721. The molecule has 1 amide bonds. The normalized spacial score (nSPS) is 17.6. The Hall–Kier alpha value is -1.47. The summed E-state index contributed by atoms with van der Waals surface area (Å²) in [5, 5.41) is 2.91. The number of carbonyl (C=O) groups excluding carboxylic acids is 1. The zero-order valence-electron chi connectivity index (χ0n) is 14.8. The third-order valence-corrected chi connectivity index (χ3v) is 4.56. The number of likely N-dealkylation sites (N-methyl/N-ethyl adjacent to an activating group) is 1. The molecule has 1 aliphatic heterocycles. The maximum atomic E-state index is 11.9. The van der Waals surface area contributed by atoms with Gasteiger partial charge in [0.15, 0.2) is 0 Å². The van der Waals surface area contributed by atoms with Gasteiger partial charge >= 0.3 is 0 Å². The lowest BCUT2D eigenvalue weighted by Crippen LogP contribution is -2.45. The molecule has 1 saturated heterocycles. The third kappa shape index (κ3) is 5.56. The number of ether oxygens (including phenoxy) is 1. The Morgan fingerprint density at radius 2 is 1.83 bits per heavy atom. The predicted molar refractivity (Wildman–Crippen MR) is 95.5 cm³/mol. The van der Waals surface area contributed by atoms with E-state index >= 15 is 0 Å². The fourth-order valence-corrected chi connectivity index (χ4v) is 2.96. The largest absolute Gasteiger partial charge is 0.383 e. The highest BCUT2D eigenvalue weighted by Gasteiger charge is 2.17. The number of piperazine rings is 1. The highest BCUT2D eigenvalue weighted by atomic mass is 16.5. The van der Waals surface area contributed by atoms with Crippen molar-refractivity contribution in [2.24, 2.45) is 5.73 Å². The summed E-state index contributed by atoms with van der Waals surface area (Å²) in [5.41, 5.74) is 8.17. The lowest BCUT2D eigenvalue weighted by atomic mass is 10.1. The predicted octanol–water partition coefficient (Wildman–Crippen LogP) is 0.414. The third-order valence-electron chi connectivity index (χ3n) is 4.56. The number of amides is 1. The first-order valence-corrected chi connectivity index (χ1v) is 8.67. The molecular weight excluding hydrogens is 304 g/mol. The molecule has 6 heteroatoms. The number of rotatable bonds is 8. The molecule has 3 N–H and O–H groups in total. The molecule has 0 radical (unpaired) electrons. The number of methoxy groups -OCH3 is 1. The summed E-state index contributed by atoms with van der Waals surface area (Å²) in [5.74, 6) is -0.178. The summed E-state index contributed by atoms with van der Waals surface area (Å²) < 4.78 is 4.92. The van der Waals surface area contributed by atoms with Crippen molar-refractivity contribution in [2.75, 3.05) is 46.4 Å². The van der Waals surface area contributed by atoms with Gasteiger partial charge in [-0.25, -0.2) is 0 Å². The SMILES string of the molecule is CCN1CCN(Cc2ccccc2CNC(=O)C(N)COC)CC1. The van der Waals surface area contributed by atoms with E-state index in [9.17, 15) is 4.79 Å². The molecule has 1 fully saturated rings. The van der Waals surface area contributed by atoms with Crippen LogP contribution >= 0.6 is 0 Å². The molecule has 6 nitrogen and oxygen atoms in total. The van der Waals surface area contributed by atoms with Gasteiger partial charge in [0.05, 0.1) is 6.61 Å². The van der Waals surface area contributed by atoms with E-state index in [0.29, 0.717) is 6.54 Å². The van der Waals surface area contributed by atoms with Gasteiger partial charge in [0.1, 0.15) is 6.04 Å². The van der Waals surface area contributed by atoms with Gasteiger partial charge in [-0.05, 0) is 17.7 Å². The van der Waals surface area contributed by atoms with Gasteiger partial charge in [0.2, 0.25) is 5.91 Å². The van der Waals surface area contributed by atoms with Gasteiger partial charge in [0, 0.05) is 46.4 Å². The summed E-state index contributed by atoms with van der Waals surface area (Å²) >= 11 is 0. The first kappa shape index (κ1) is 18.9. The average Bonchev–Trinajstić information content (AvgIpc) is 2.61. The molecule has 1 unspecified atom stereocenters. The van der Waals surface area contributed by atoms with E-state index in [4.69, 9.17) is 10.5 Å². The molecule has 0 spiro atoms. The molecule has 1 heterocycles. The molecule has 1 aromatic carbocycles. The lowest BCUT2D eigenvalue weighted by Gasteiger charge is -2.34. The Morgan fingerprint density at radius 1 is 1.21 bits per heavy atom. The standard InChI is InChI=1S/C18H30N4O2/c1-3-21-8-10-22(11-9-21)13-16-7-5-4-6-15(16)12-20-18(23)17(19)14-24-2/h4-7,17H,3,8-14,19H2,1-2H3,(H,20,23). The molecule has 134 valence electrons. The monoisotopic (exact) mass is 334 g/mol. The smallest absolute Gasteiger partial charge is 0.239 e. The second kappa shape index (κ2) is 9.74. The van der Waals surface area contributed by atoms with Crippen LogP contribution in [0.4, 0.5) is 0 Å². The molecule has 1 aliphatic rings. The van der Waals surface area contributed by atoms with Crippen molar-refractivity contribution in [1.29, 1.82) is 0 Å². The maximum absolute atomic E-state index is 11.9. The van der Waals surface area contributed by atoms with Crippen molar-refractivity contribution in [3.63, 3.8) is 0 Å². The molecule has 1 aromatic rings. The zero-order valence-corrected chi connectivity index (χ0v) is 14.8. The highest BCUT2D eigenvalue weighted by Crippen LogP contribution is 2.13. The topological polar surface area (TPSA) is 70.8 Å². The summed E-state index contributed by atoms with van der Waals surface area (Å²) in [7, 11) is 1.54. The van der Waals surface area contributed by atoms with Crippen LogP contribution in [-0.2, 0) is 22.6 Å². The molecule has 0 bridgehead atoms. The van der Waals surface area contributed by atoms with E-state index in [-0.39, 0.29) is 12.5 Å². The summed E-state index contributed by atoms with van der Waals surface area (Å²) in [6.45, 7) is 9.42. The minimum absolute atomic E-state index is 0.178. The first-order chi connectivity index (χ1) is 11.6.